The van der Waals surface area contributed by atoms with Gasteiger partial charge in [-0.25, -0.2) is 0 Å². The molecule has 86 valence electrons. The smallest absolute Gasteiger partial charge is 0.227 e. The van der Waals surface area contributed by atoms with E-state index in [2.05, 4.69) is 12.2 Å². The lowest BCUT2D eigenvalue weighted by Gasteiger charge is -2.25. The highest BCUT2D eigenvalue weighted by atomic mass is 16.2. The molecule has 0 aliphatic carbocycles. The summed E-state index contributed by atoms with van der Waals surface area (Å²) < 4.78 is 0. The maximum atomic E-state index is 12.1. The second kappa shape index (κ2) is 4.52. The Labute approximate surface area is 92.2 Å². The SMILES string of the molecule is CCCCN(C)C(=O)C1CC2CCC1N2. The number of unbranched alkanes of at least 4 members (excludes halogenated alkanes) is 1. The molecular weight excluding hydrogens is 188 g/mol. The number of hydrogen-bond acceptors (Lipinski definition) is 2. The molecule has 3 atom stereocenters. The summed E-state index contributed by atoms with van der Waals surface area (Å²) in [5.41, 5.74) is 0. The van der Waals surface area contributed by atoms with Crippen LogP contribution in [0.15, 0.2) is 0 Å². The van der Waals surface area contributed by atoms with Gasteiger partial charge in [0.15, 0.2) is 0 Å². The van der Waals surface area contributed by atoms with Crippen LogP contribution in [-0.2, 0) is 4.79 Å². The second-order valence-corrected chi connectivity index (χ2v) is 5.00. The van der Waals surface area contributed by atoms with E-state index in [0.717, 1.165) is 25.8 Å². The van der Waals surface area contributed by atoms with Crippen LogP contribution in [0, 0.1) is 5.92 Å². The predicted octanol–water partition coefficient (Wildman–Crippen LogP) is 1.39. The first-order chi connectivity index (χ1) is 7.22. The van der Waals surface area contributed by atoms with Crippen LogP contribution in [0.25, 0.3) is 0 Å². The average molecular weight is 210 g/mol. The maximum Gasteiger partial charge on any atom is 0.227 e. The minimum Gasteiger partial charge on any atom is -0.345 e. The molecule has 2 fully saturated rings. The molecule has 0 aromatic rings. The average Bonchev–Trinajstić information content (AvgIpc) is 2.86. The van der Waals surface area contributed by atoms with Crippen molar-refractivity contribution in [2.75, 3.05) is 13.6 Å². The summed E-state index contributed by atoms with van der Waals surface area (Å²) in [4.78, 5) is 14.1. The number of nitrogens with one attached hydrogen (secondary N) is 1. The molecule has 15 heavy (non-hydrogen) atoms. The lowest BCUT2D eigenvalue weighted by Crippen LogP contribution is -2.39. The quantitative estimate of drug-likeness (QED) is 0.760. The number of carbonyl (C=O) groups is 1. The molecule has 0 aromatic carbocycles. The van der Waals surface area contributed by atoms with Crippen LogP contribution in [0.4, 0.5) is 0 Å². The monoisotopic (exact) mass is 210 g/mol. The molecule has 1 N–H and O–H groups in total. The van der Waals surface area contributed by atoms with E-state index < -0.39 is 0 Å². The van der Waals surface area contributed by atoms with E-state index in [-0.39, 0.29) is 5.92 Å². The highest BCUT2D eigenvalue weighted by molar-refractivity contribution is 5.80. The van der Waals surface area contributed by atoms with E-state index in [0.29, 0.717) is 18.0 Å². The van der Waals surface area contributed by atoms with Gasteiger partial charge in [-0.2, -0.15) is 0 Å². The molecule has 0 spiro atoms. The van der Waals surface area contributed by atoms with Gasteiger partial charge in [0, 0.05) is 25.7 Å². The molecule has 2 aliphatic heterocycles. The van der Waals surface area contributed by atoms with Gasteiger partial charge in [-0.3, -0.25) is 4.79 Å². The zero-order valence-corrected chi connectivity index (χ0v) is 9.83. The van der Waals surface area contributed by atoms with Crippen molar-refractivity contribution in [2.45, 2.75) is 51.1 Å². The van der Waals surface area contributed by atoms with Crippen molar-refractivity contribution in [3.8, 4) is 0 Å². The van der Waals surface area contributed by atoms with Crippen LogP contribution >= 0.6 is 0 Å². The summed E-state index contributed by atoms with van der Waals surface area (Å²) in [6.07, 6.45) is 5.82. The molecule has 0 saturated carbocycles. The maximum absolute atomic E-state index is 12.1. The molecule has 2 heterocycles. The van der Waals surface area contributed by atoms with Crippen LogP contribution in [0.1, 0.15) is 39.0 Å². The highest BCUT2D eigenvalue weighted by Gasteiger charge is 2.43. The van der Waals surface area contributed by atoms with Gasteiger partial charge in [0.2, 0.25) is 5.91 Å². The van der Waals surface area contributed by atoms with Gasteiger partial charge in [-0.15, -0.1) is 0 Å². The molecule has 2 bridgehead atoms. The Hall–Kier alpha value is -0.570. The van der Waals surface area contributed by atoms with Gasteiger partial charge in [0.1, 0.15) is 0 Å². The van der Waals surface area contributed by atoms with Crippen molar-refractivity contribution in [2.24, 2.45) is 5.92 Å². The van der Waals surface area contributed by atoms with Crippen molar-refractivity contribution >= 4 is 5.91 Å². The summed E-state index contributed by atoms with van der Waals surface area (Å²) in [5.74, 6) is 0.633. The first-order valence-corrected chi connectivity index (χ1v) is 6.23. The number of carbonyl (C=O) groups excluding carboxylic acids is 1. The Kier molecular flexibility index (Phi) is 3.29. The predicted molar refractivity (Wildman–Crippen MR) is 60.6 cm³/mol. The molecule has 3 unspecified atom stereocenters. The van der Waals surface area contributed by atoms with Crippen molar-refractivity contribution in [3.63, 3.8) is 0 Å². The third kappa shape index (κ3) is 2.17. The molecule has 0 radical (unpaired) electrons. The van der Waals surface area contributed by atoms with Crippen LogP contribution in [0.2, 0.25) is 0 Å². The van der Waals surface area contributed by atoms with E-state index in [1.807, 2.05) is 11.9 Å². The number of fused-ring (bicyclic) bond motifs is 2. The Morgan fingerprint density at radius 3 is 2.80 bits per heavy atom. The fourth-order valence-corrected chi connectivity index (χ4v) is 2.89. The van der Waals surface area contributed by atoms with E-state index in [4.69, 9.17) is 0 Å². The zero-order valence-electron chi connectivity index (χ0n) is 9.83. The van der Waals surface area contributed by atoms with Crippen LogP contribution < -0.4 is 5.32 Å². The lowest BCUT2D eigenvalue weighted by molar-refractivity contribution is -0.134. The van der Waals surface area contributed by atoms with Crippen molar-refractivity contribution in [3.05, 3.63) is 0 Å². The Bertz CT molecular complexity index is 242. The fourth-order valence-electron chi connectivity index (χ4n) is 2.89. The Morgan fingerprint density at radius 1 is 1.47 bits per heavy atom. The van der Waals surface area contributed by atoms with Crippen molar-refractivity contribution in [1.29, 1.82) is 0 Å². The summed E-state index contributed by atoms with van der Waals surface area (Å²) in [5, 5.41) is 3.52. The lowest BCUT2D eigenvalue weighted by atomic mass is 9.88. The summed E-state index contributed by atoms with van der Waals surface area (Å²) >= 11 is 0. The molecular formula is C12H22N2O. The van der Waals surface area contributed by atoms with Crippen LogP contribution in [0.3, 0.4) is 0 Å². The van der Waals surface area contributed by atoms with E-state index in [1.165, 1.54) is 12.8 Å². The third-order valence-electron chi connectivity index (χ3n) is 3.84. The van der Waals surface area contributed by atoms with Gasteiger partial charge in [-0.1, -0.05) is 13.3 Å². The van der Waals surface area contributed by atoms with Crippen LogP contribution in [-0.4, -0.2) is 36.5 Å². The van der Waals surface area contributed by atoms with E-state index in [1.54, 1.807) is 0 Å². The molecule has 3 heteroatoms. The van der Waals surface area contributed by atoms with Crippen molar-refractivity contribution < 1.29 is 4.79 Å². The summed E-state index contributed by atoms with van der Waals surface area (Å²) in [6, 6.07) is 1.11. The normalized spacial score (nSPS) is 33.3. The summed E-state index contributed by atoms with van der Waals surface area (Å²) in [7, 11) is 1.95. The molecule has 2 saturated heterocycles. The first-order valence-electron chi connectivity index (χ1n) is 6.23. The van der Waals surface area contributed by atoms with Crippen molar-refractivity contribution in [1.82, 2.24) is 10.2 Å². The molecule has 2 aliphatic rings. The third-order valence-corrected chi connectivity index (χ3v) is 3.84. The van der Waals surface area contributed by atoms with Gasteiger partial charge in [0.05, 0.1) is 5.92 Å². The topological polar surface area (TPSA) is 32.3 Å². The minimum absolute atomic E-state index is 0.269. The van der Waals surface area contributed by atoms with E-state index in [9.17, 15) is 4.79 Å². The number of hydrogen-bond donors (Lipinski definition) is 1. The number of rotatable bonds is 4. The molecule has 3 nitrogen and oxygen atoms in total. The first kappa shape index (κ1) is 10.9. The Balaban J connectivity index is 1.85. The zero-order chi connectivity index (χ0) is 10.8. The molecule has 1 amide bonds. The summed E-state index contributed by atoms with van der Waals surface area (Å²) in [6.45, 7) is 3.08. The van der Waals surface area contributed by atoms with Gasteiger partial charge in [0.25, 0.3) is 0 Å². The standard InChI is InChI=1S/C12H22N2O/c1-3-4-7-14(2)12(15)10-8-9-5-6-11(10)13-9/h9-11,13H,3-8H2,1-2H3. The Morgan fingerprint density at radius 2 is 2.27 bits per heavy atom. The second-order valence-electron chi connectivity index (χ2n) is 5.00. The highest BCUT2D eigenvalue weighted by Crippen LogP contribution is 2.34. The molecule has 0 aromatic heterocycles. The number of nitrogens with zero attached hydrogens (tertiary/aromatic N) is 1. The van der Waals surface area contributed by atoms with E-state index >= 15 is 0 Å². The van der Waals surface area contributed by atoms with Gasteiger partial charge >= 0.3 is 0 Å². The minimum atomic E-state index is 0.269. The largest absolute Gasteiger partial charge is 0.345 e. The van der Waals surface area contributed by atoms with Gasteiger partial charge in [-0.05, 0) is 25.7 Å². The fraction of sp³-hybridized carbons (Fsp3) is 0.917. The number of amides is 1. The van der Waals surface area contributed by atoms with Gasteiger partial charge < -0.3 is 10.2 Å². The molecule has 2 rings (SSSR count). The van der Waals surface area contributed by atoms with Crippen LogP contribution in [0.5, 0.6) is 0 Å².